The Bertz CT molecular complexity index is 1470. The number of hydrogen-bond donors (Lipinski definition) is 0. The molecular weight excluding hydrogens is 522 g/mol. The molecule has 7 heteroatoms. The number of fused-ring (bicyclic) bond motifs is 1. The first-order chi connectivity index (χ1) is 19.5. The second-order valence-corrected chi connectivity index (χ2v) is 11.6. The molecule has 0 fully saturated rings. The average molecular weight is 562 g/mol. The van der Waals surface area contributed by atoms with Crippen molar-refractivity contribution < 1.29 is 22.6 Å². The number of methoxy groups -OCH3 is 2. The lowest BCUT2D eigenvalue weighted by Gasteiger charge is -2.08. The number of allylic oxidation sites excluding steroid dienone is 1. The van der Waals surface area contributed by atoms with Crippen LogP contribution in [0.2, 0.25) is 0 Å². The van der Waals surface area contributed by atoms with Gasteiger partial charge in [0.2, 0.25) is 0 Å². The van der Waals surface area contributed by atoms with Gasteiger partial charge >= 0.3 is 0 Å². The number of ether oxygens (including phenoxy) is 3. The standard InChI is InChI=1S/C33H39NO5S/c1-37-29-17-20-31(21-18-29)40(35,36)34-25-28(32-24-30(38-2)19-22-33(32)34)16-12-7-5-3-4-6-8-13-23-39-26-27-14-10-9-11-15-27/h9-12,14-22,24-25H,3-8,13,23,26H2,1-2H3. The molecule has 0 aliphatic carbocycles. The fourth-order valence-corrected chi connectivity index (χ4v) is 6.05. The number of benzene rings is 3. The first kappa shape index (κ1) is 29.4. The molecular formula is C33H39NO5S. The molecule has 4 aromatic rings. The molecule has 0 aliphatic heterocycles. The fraction of sp³-hybridized carbons (Fsp3) is 0.333. The Hall–Kier alpha value is -3.55. The molecule has 0 amide bonds. The Morgan fingerprint density at radius 2 is 1.45 bits per heavy atom. The van der Waals surface area contributed by atoms with Crippen LogP contribution in [-0.2, 0) is 21.4 Å². The highest BCUT2D eigenvalue weighted by Crippen LogP contribution is 2.30. The minimum atomic E-state index is -3.78. The summed E-state index contributed by atoms with van der Waals surface area (Å²) in [5.74, 6) is 1.30. The molecule has 1 heterocycles. The number of nitrogens with zero attached hydrogens (tertiary/aromatic N) is 1. The van der Waals surface area contributed by atoms with Crippen LogP contribution in [0.15, 0.2) is 90.0 Å². The zero-order chi connectivity index (χ0) is 28.2. The maximum absolute atomic E-state index is 13.5. The molecule has 0 saturated carbocycles. The number of unbranched alkanes of at least 4 members (excludes halogenated alkanes) is 6. The third kappa shape index (κ3) is 7.77. The van der Waals surface area contributed by atoms with E-state index >= 15 is 0 Å². The van der Waals surface area contributed by atoms with E-state index in [2.05, 4.69) is 18.2 Å². The van der Waals surface area contributed by atoms with Crippen molar-refractivity contribution in [3.05, 3.63) is 96.2 Å². The Labute approximate surface area is 238 Å². The summed E-state index contributed by atoms with van der Waals surface area (Å²) >= 11 is 0. The van der Waals surface area contributed by atoms with Crippen molar-refractivity contribution in [3.63, 3.8) is 0 Å². The van der Waals surface area contributed by atoms with E-state index in [0.717, 1.165) is 36.8 Å². The lowest BCUT2D eigenvalue weighted by atomic mass is 10.1. The fourth-order valence-electron chi connectivity index (χ4n) is 4.67. The van der Waals surface area contributed by atoms with Gasteiger partial charge < -0.3 is 14.2 Å². The molecule has 0 spiro atoms. The Kier molecular flexibility index (Phi) is 10.8. The SMILES string of the molecule is COc1ccc(S(=O)(=O)n2cc(C=CCCCCCCCCOCc3ccccc3)c3cc(OC)ccc32)cc1. The molecule has 0 unspecified atom stereocenters. The van der Waals surface area contributed by atoms with Crippen molar-refractivity contribution in [3.8, 4) is 11.5 Å². The molecule has 4 rings (SSSR count). The molecule has 1 aromatic heterocycles. The van der Waals surface area contributed by atoms with Crippen LogP contribution in [0.5, 0.6) is 11.5 Å². The maximum Gasteiger partial charge on any atom is 0.268 e. The molecule has 0 bridgehead atoms. The zero-order valence-corrected chi connectivity index (χ0v) is 24.2. The molecule has 212 valence electrons. The van der Waals surface area contributed by atoms with E-state index in [0.29, 0.717) is 23.6 Å². The van der Waals surface area contributed by atoms with Crippen molar-refractivity contribution >= 4 is 27.0 Å². The molecule has 3 aromatic carbocycles. The van der Waals surface area contributed by atoms with E-state index in [1.165, 1.54) is 35.2 Å². The van der Waals surface area contributed by atoms with Crippen LogP contribution in [0, 0.1) is 0 Å². The second-order valence-electron chi connectivity index (χ2n) is 9.79. The van der Waals surface area contributed by atoms with Gasteiger partial charge in [-0.25, -0.2) is 12.4 Å². The van der Waals surface area contributed by atoms with E-state index in [1.54, 1.807) is 56.8 Å². The van der Waals surface area contributed by atoms with Gasteiger partial charge in [0.05, 0.1) is 31.2 Å². The van der Waals surface area contributed by atoms with E-state index < -0.39 is 10.0 Å². The first-order valence-corrected chi connectivity index (χ1v) is 15.3. The summed E-state index contributed by atoms with van der Waals surface area (Å²) in [5, 5.41) is 0.835. The van der Waals surface area contributed by atoms with Crippen molar-refractivity contribution in [2.75, 3.05) is 20.8 Å². The van der Waals surface area contributed by atoms with Gasteiger partial charge in [-0.1, -0.05) is 68.2 Å². The van der Waals surface area contributed by atoms with Crippen LogP contribution in [0.1, 0.15) is 56.1 Å². The lowest BCUT2D eigenvalue weighted by Crippen LogP contribution is -2.11. The van der Waals surface area contributed by atoms with Crippen molar-refractivity contribution in [2.45, 2.75) is 56.4 Å². The third-order valence-corrected chi connectivity index (χ3v) is 8.63. The molecule has 0 N–H and O–H groups in total. The van der Waals surface area contributed by atoms with Gasteiger partial charge in [-0.15, -0.1) is 0 Å². The highest BCUT2D eigenvalue weighted by Gasteiger charge is 2.21. The lowest BCUT2D eigenvalue weighted by molar-refractivity contribution is 0.116. The Balaban J connectivity index is 1.28. The Morgan fingerprint density at radius 3 is 2.17 bits per heavy atom. The first-order valence-electron chi connectivity index (χ1n) is 13.9. The van der Waals surface area contributed by atoms with E-state index in [4.69, 9.17) is 14.2 Å². The van der Waals surface area contributed by atoms with Gasteiger partial charge in [-0.2, -0.15) is 0 Å². The van der Waals surface area contributed by atoms with Crippen molar-refractivity contribution in [1.82, 2.24) is 3.97 Å². The molecule has 0 aliphatic rings. The zero-order valence-electron chi connectivity index (χ0n) is 23.4. The van der Waals surface area contributed by atoms with Gasteiger partial charge in [-0.05, 0) is 67.3 Å². The smallest absolute Gasteiger partial charge is 0.268 e. The average Bonchev–Trinajstić information content (AvgIpc) is 3.36. The summed E-state index contributed by atoms with van der Waals surface area (Å²) in [6, 6.07) is 22.2. The van der Waals surface area contributed by atoms with Crippen LogP contribution >= 0.6 is 0 Å². The van der Waals surface area contributed by atoms with E-state index in [9.17, 15) is 8.42 Å². The second kappa shape index (κ2) is 14.7. The maximum atomic E-state index is 13.5. The predicted octanol–water partition coefficient (Wildman–Crippen LogP) is 7.86. The van der Waals surface area contributed by atoms with Gasteiger partial charge in [0.15, 0.2) is 0 Å². The highest BCUT2D eigenvalue weighted by atomic mass is 32.2. The van der Waals surface area contributed by atoms with Gasteiger partial charge in [0, 0.05) is 23.8 Å². The number of rotatable bonds is 16. The quantitative estimate of drug-likeness (QED) is 0.130. The minimum Gasteiger partial charge on any atom is -0.497 e. The van der Waals surface area contributed by atoms with Crippen molar-refractivity contribution in [1.29, 1.82) is 0 Å². The van der Waals surface area contributed by atoms with E-state index in [1.807, 2.05) is 30.3 Å². The summed E-state index contributed by atoms with van der Waals surface area (Å²) in [6.07, 6.45) is 13.8. The number of hydrogen-bond acceptors (Lipinski definition) is 5. The van der Waals surface area contributed by atoms with E-state index in [-0.39, 0.29) is 4.90 Å². The van der Waals surface area contributed by atoms with Crippen molar-refractivity contribution in [2.24, 2.45) is 0 Å². The summed E-state index contributed by atoms with van der Waals surface area (Å²) < 4.78 is 44.7. The summed E-state index contributed by atoms with van der Waals surface area (Å²) in [4.78, 5) is 0.208. The predicted molar refractivity (Wildman–Crippen MR) is 162 cm³/mol. The van der Waals surface area contributed by atoms with Gasteiger partial charge in [0.25, 0.3) is 10.0 Å². The topological polar surface area (TPSA) is 66.8 Å². The van der Waals surface area contributed by atoms with Crippen LogP contribution in [0.3, 0.4) is 0 Å². The van der Waals surface area contributed by atoms with Crippen LogP contribution < -0.4 is 9.47 Å². The summed E-state index contributed by atoms with van der Waals surface area (Å²) in [5.41, 5.74) is 2.68. The van der Waals surface area contributed by atoms with Gasteiger partial charge in [0.1, 0.15) is 11.5 Å². The Morgan fingerprint density at radius 1 is 0.775 bits per heavy atom. The van der Waals surface area contributed by atoms with Crippen LogP contribution in [-0.4, -0.2) is 33.2 Å². The summed E-state index contributed by atoms with van der Waals surface area (Å²) in [7, 11) is -0.614. The molecule has 6 nitrogen and oxygen atoms in total. The number of aromatic nitrogens is 1. The monoisotopic (exact) mass is 561 g/mol. The highest BCUT2D eigenvalue weighted by molar-refractivity contribution is 7.90. The minimum absolute atomic E-state index is 0.208. The molecule has 0 atom stereocenters. The molecule has 40 heavy (non-hydrogen) atoms. The normalized spacial score (nSPS) is 11.8. The summed E-state index contributed by atoms with van der Waals surface area (Å²) in [6.45, 7) is 1.50. The van der Waals surface area contributed by atoms with Crippen LogP contribution in [0.4, 0.5) is 0 Å². The van der Waals surface area contributed by atoms with Gasteiger partial charge in [-0.3, -0.25) is 0 Å². The third-order valence-electron chi connectivity index (χ3n) is 6.94. The van der Waals surface area contributed by atoms with Crippen LogP contribution in [0.25, 0.3) is 17.0 Å². The largest absolute Gasteiger partial charge is 0.497 e. The molecule has 0 saturated heterocycles. The molecule has 0 radical (unpaired) electrons.